The van der Waals surface area contributed by atoms with Crippen molar-refractivity contribution in [2.75, 3.05) is 32.7 Å². The van der Waals surface area contributed by atoms with Crippen LogP contribution < -0.4 is 5.56 Å². The Labute approximate surface area is 184 Å². The van der Waals surface area contributed by atoms with Crippen LogP contribution in [0.15, 0.2) is 66.0 Å². The summed E-state index contributed by atoms with van der Waals surface area (Å²) in [6.45, 7) is 4.03. The number of carbonyl (C=O) groups is 1. The van der Waals surface area contributed by atoms with Crippen molar-refractivity contribution in [3.8, 4) is 11.3 Å². The molecule has 3 aromatic heterocycles. The molecule has 1 fully saturated rings. The van der Waals surface area contributed by atoms with E-state index in [-0.39, 0.29) is 11.5 Å². The van der Waals surface area contributed by atoms with Gasteiger partial charge >= 0.3 is 0 Å². The van der Waals surface area contributed by atoms with Gasteiger partial charge in [0.05, 0.1) is 29.6 Å². The molecule has 1 amide bonds. The number of hydrogen-bond acceptors (Lipinski definition) is 6. The van der Waals surface area contributed by atoms with E-state index >= 15 is 0 Å². The average Bonchev–Trinajstić information content (AvgIpc) is 3.32. The van der Waals surface area contributed by atoms with E-state index in [2.05, 4.69) is 25.0 Å². The van der Waals surface area contributed by atoms with Gasteiger partial charge in [-0.3, -0.25) is 19.5 Å². The number of aromatic amines is 1. The number of rotatable bonds is 5. The van der Waals surface area contributed by atoms with E-state index in [0.29, 0.717) is 31.7 Å². The molecule has 0 unspecified atom stereocenters. The number of nitrogens with one attached hydrogen (secondary N) is 1. The van der Waals surface area contributed by atoms with Crippen LogP contribution in [0.1, 0.15) is 10.4 Å². The molecular formula is C23H23N7O2. The van der Waals surface area contributed by atoms with Gasteiger partial charge in [-0.15, -0.1) is 0 Å². The summed E-state index contributed by atoms with van der Waals surface area (Å²) in [4.78, 5) is 40.5. The van der Waals surface area contributed by atoms with Crippen LogP contribution in [0.3, 0.4) is 0 Å². The van der Waals surface area contributed by atoms with E-state index in [0.717, 1.165) is 35.4 Å². The topological polar surface area (TPSA) is 100 Å². The Morgan fingerprint density at radius 2 is 1.78 bits per heavy atom. The largest absolute Gasteiger partial charge is 0.345 e. The maximum atomic E-state index is 12.9. The Hall–Kier alpha value is -3.85. The SMILES string of the molecule is O=C(c1ccc2nc[nH]c2c1)N1CCN(CCn2nc(-c3ccncc3)ccc2=O)CC1. The zero-order valence-corrected chi connectivity index (χ0v) is 17.5. The highest BCUT2D eigenvalue weighted by molar-refractivity contribution is 5.97. The van der Waals surface area contributed by atoms with Crippen molar-refractivity contribution in [1.29, 1.82) is 0 Å². The molecule has 9 heteroatoms. The Kier molecular flexibility index (Phi) is 5.47. The van der Waals surface area contributed by atoms with Gasteiger partial charge in [0.1, 0.15) is 0 Å². The molecule has 5 rings (SSSR count). The van der Waals surface area contributed by atoms with Crippen molar-refractivity contribution < 1.29 is 4.79 Å². The zero-order chi connectivity index (χ0) is 21.9. The summed E-state index contributed by atoms with van der Waals surface area (Å²) in [5, 5.41) is 4.51. The normalized spacial score (nSPS) is 14.7. The number of fused-ring (bicyclic) bond motifs is 1. The molecule has 0 spiro atoms. The smallest absolute Gasteiger partial charge is 0.266 e. The molecule has 0 atom stereocenters. The lowest BCUT2D eigenvalue weighted by atomic mass is 10.1. The van der Waals surface area contributed by atoms with Crippen LogP contribution in [0.5, 0.6) is 0 Å². The first kappa shape index (κ1) is 20.1. The zero-order valence-electron chi connectivity index (χ0n) is 17.5. The minimum absolute atomic E-state index is 0.0316. The highest BCUT2D eigenvalue weighted by Gasteiger charge is 2.22. The molecular weight excluding hydrogens is 406 g/mol. The van der Waals surface area contributed by atoms with Crippen LogP contribution >= 0.6 is 0 Å². The lowest BCUT2D eigenvalue weighted by Gasteiger charge is -2.34. The fraction of sp³-hybridized carbons (Fsp3) is 0.261. The van der Waals surface area contributed by atoms with E-state index in [9.17, 15) is 9.59 Å². The van der Waals surface area contributed by atoms with E-state index in [1.54, 1.807) is 30.9 Å². The summed E-state index contributed by atoms with van der Waals surface area (Å²) >= 11 is 0. The van der Waals surface area contributed by atoms with Crippen LogP contribution in [-0.4, -0.2) is 73.2 Å². The molecule has 1 saturated heterocycles. The molecule has 9 nitrogen and oxygen atoms in total. The number of carbonyl (C=O) groups excluding carboxylic acids is 1. The van der Waals surface area contributed by atoms with E-state index in [1.165, 1.54) is 4.68 Å². The molecule has 1 aromatic carbocycles. The second-order valence-electron chi connectivity index (χ2n) is 7.78. The molecule has 0 saturated carbocycles. The van der Waals surface area contributed by atoms with Crippen LogP contribution in [0.25, 0.3) is 22.3 Å². The number of aromatic nitrogens is 5. The number of hydrogen-bond donors (Lipinski definition) is 1. The first-order chi connectivity index (χ1) is 15.7. The average molecular weight is 429 g/mol. The monoisotopic (exact) mass is 429 g/mol. The fourth-order valence-corrected chi connectivity index (χ4v) is 3.95. The van der Waals surface area contributed by atoms with Crippen LogP contribution in [-0.2, 0) is 6.54 Å². The lowest BCUT2D eigenvalue weighted by Crippen LogP contribution is -2.49. The third-order valence-electron chi connectivity index (χ3n) is 5.80. The third kappa shape index (κ3) is 4.15. The van der Waals surface area contributed by atoms with Gasteiger partial charge in [0.2, 0.25) is 0 Å². The van der Waals surface area contributed by atoms with Gasteiger partial charge in [-0.2, -0.15) is 5.10 Å². The summed E-state index contributed by atoms with van der Waals surface area (Å²) in [5.41, 5.74) is 3.93. The van der Waals surface area contributed by atoms with Crippen LogP contribution in [0.2, 0.25) is 0 Å². The molecule has 4 heterocycles. The van der Waals surface area contributed by atoms with Crippen molar-refractivity contribution in [3.63, 3.8) is 0 Å². The molecule has 32 heavy (non-hydrogen) atoms. The summed E-state index contributed by atoms with van der Waals surface area (Å²) in [5.74, 6) is 0.0316. The van der Waals surface area contributed by atoms with Gasteiger partial charge in [0.15, 0.2) is 0 Å². The van der Waals surface area contributed by atoms with Crippen LogP contribution in [0.4, 0.5) is 0 Å². The van der Waals surface area contributed by atoms with Crippen molar-refractivity contribution in [3.05, 3.63) is 77.1 Å². The van der Waals surface area contributed by atoms with Crippen molar-refractivity contribution in [2.24, 2.45) is 0 Å². The number of pyridine rings is 1. The van der Waals surface area contributed by atoms with Crippen molar-refractivity contribution in [1.82, 2.24) is 34.5 Å². The maximum Gasteiger partial charge on any atom is 0.266 e. The minimum Gasteiger partial charge on any atom is -0.345 e. The second kappa shape index (κ2) is 8.72. The molecule has 4 aromatic rings. The summed E-state index contributed by atoms with van der Waals surface area (Å²) in [7, 11) is 0. The molecule has 1 aliphatic rings. The predicted molar refractivity (Wildman–Crippen MR) is 120 cm³/mol. The Morgan fingerprint density at radius 1 is 0.969 bits per heavy atom. The first-order valence-corrected chi connectivity index (χ1v) is 10.6. The summed E-state index contributed by atoms with van der Waals surface area (Å²) in [6, 6.07) is 12.6. The third-order valence-corrected chi connectivity index (χ3v) is 5.80. The highest BCUT2D eigenvalue weighted by atomic mass is 16.2. The standard InChI is InChI=1S/C23H23N7O2/c31-22-4-3-19(17-5-7-24-8-6-17)27-30(22)14-11-28-9-12-29(13-10-28)23(32)18-1-2-20-21(15-18)26-16-25-20/h1-8,15-16H,9-14H2,(H,25,26). The number of amides is 1. The van der Waals surface area contributed by atoms with Gasteiger partial charge in [-0.05, 0) is 36.4 Å². The number of nitrogens with zero attached hydrogens (tertiary/aromatic N) is 6. The fourth-order valence-electron chi connectivity index (χ4n) is 3.95. The van der Waals surface area contributed by atoms with Crippen molar-refractivity contribution >= 4 is 16.9 Å². The number of piperazine rings is 1. The summed E-state index contributed by atoms with van der Waals surface area (Å²) < 4.78 is 1.51. The summed E-state index contributed by atoms with van der Waals surface area (Å²) in [6.07, 6.45) is 5.05. The maximum absolute atomic E-state index is 12.9. The lowest BCUT2D eigenvalue weighted by molar-refractivity contribution is 0.0631. The number of benzene rings is 1. The highest BCUT2D eigenvalue weighted by Crippen LogP contribution is 2.15. The molecule has 0 aliphatic carbocycles. The molecule has 162 valence electrons. The molecule has 0 bridgehead atoms. The van der Waals surface area contributed by atoms with Gasteiger partial charge in [0.25, 0.3) is 11.5 Å². The quantitative estimate of drug-likeness (QED) is 0.518. The number of imidazole rings is 1. The minimum atomic E-state index is -0.120. The van der Waals surface area contributed by atoms with Crippen LogP contribution in [0, 0.1) is 0 Å². The van der Waals surface area contributed by atoms with E-state index < -0.39 is 0 Å². The second-order valence-corrected chi connectivity index (χ2v) is 7.78. The number of H-pyrrole nitrogens is 1. The molecule has 1 N–H and O–H groups in total. The van der Waals surface area contributed by atoms with Gasteiger partial charge in [-0.25, -0.2) is 9.67 Å². The van der Waals surface area contributed by atoms with Crippen molar-refractivity contribution in [2.45, 2.75) is 6.54 Å². The van der Waals surface area contributed by atoms with E-state index in [1.807, 2.05) is 35.2 Å². The van der Waals surface area contributed by atoms with Gasteiger partial charge < -0.3 is 9.88 Å². The van der Waals surface area contributed by atoms with Gasteiger partial charge in [0, 0.05) is 62.3 Å². The van der Waals surface area contributed by atoms with E-state index in [4.69, 9.17) is 0 Å². The first-order valence-electron chi connectivity index (χ1n) is 10.6. The molecule has 0 radical (unpaired) electrons. The Bertz CT molecular complexity index is 1290. The predicted octanol–water partition coefficient (Wildman–Crippen LogP) is 1.64. The molecule has 1 aliphatic heterocycles. The van der Waals surface area contributed by atoms with Gasteiger partial charge in [-0.1, -0.05) is 0 Å². The Balaban J connectivity index is 1.18. The Morgan fingerprint density at radius 3 is 2.59 bits per heavy atom.